The van der Waals surface area contributed by atoms with Crippen LogP contribution in [-0.2, 0) is 6.42 Å². The summed E-state index contributed by atoms with van der Waals surface area (Å²) in [6, 6.07) is 3.88. The molecule has 0 saturated heterocycles. The van der Waals surface area contributed by atoms with Crippen LogP contribution >= 0.6 is 0 Å². The van der Waals surface area contributed by atoms with Crippen LogP contribution in [0.4, 0.5) is 0 Å². The monoisotopic (exact) mass is 244 g/mol. The number of hydrogen-bond donors (Lipinski definition) is 1. The Morgan fingerprint density at radius 2 is 2.28 bits per heavy atom. The van der Waals surface area contributed by atoms with Crippen molar-refractivity contribution in [1.82, 2.24) is 15.1 Å². The van der Waals surface area contributed by atoms with Gasteiger partial charge in [0.2, 0.25) is 11.7 Å². The molecule has 0 atom stereocenters. The molecule has 1 saturated carbocycles. The van der Waals surface area contributed by atoms with Crippen LogP contribution in [0, 0.1) is 6.92 Å². The number of rotatable bonds is 3. The molecule has 5 heteroatoms. The summed E-state index contributed by atoms with van der Waals surface area (Å²) in [6.45, 7) is 2.01. The summed E-state index contributed by atoms with van der Waals surface area (Å²) in [6.07, 6.45) is 5.67. The number of nitrogens with zero attached hydrogens (tertiary/aromatic N) is 3. The largest absolute Gasteiger partial charge is 0.339 e. The maximum Gasteiger partial charge on any atom is 0.228 e. The fourth-order valence-electron chi connectivity index (χ4n) is 2.20. The van der Waals surface area contributed by atoms with Crippen LogP contribution in [-0.4, -0.2) is 20.7 Å². The zero-order valence-electron chi connectivity index (χ0n) is 10.4. The van der Waals surface area contributed by atoms with Crippen molar-refractivity contribution in [3.63, 3.8) is 0 Å². The molecule has 3 rings (SSSR count). The molecule has 0 radical (unpaired) electrons. The van der Waals surface area contributed by atoms with E-state index in [0.717, 1.165) is 24.1 Å². The van der Waals surface area contributed by atoms with Gasteiger partial charge in [0, 0.05) is 18.2 Å². The average Bonchev–Trinajstić information content (AvgIpc) is 2.75. The summed E-state index contributed by atoms with van der Waals surface area (Å²) in [7, 11) is 0. The van der Waals surface area contributed by atoms with Crippen molar-refractivity contribution in [2.45, 2.75) is 38.1 Å². The van der Waals surface area contributed by atoms with Gasteiger partial charge in [0.25, 0.3) is 0 Å². The standard InChI is InChI=1S/C13H16N4O/c1-9-3-6-15-10(7-9)12-16-11(18-17-12)8-13(14)4-2-5-13/h3,6-7H,2,4-5,8,14H2,1H3. The van der Waals surface area contributed by atoms with Gasteiger partial charge in [0.1, 0.15) is 5.69 Å². The van der Waals surface area contributed by atoms with Gasteiger partial charge in [-0.25, -0.2) is 0 Å². The molecule has 2 heterocycles. The lowest BCUT2D eigenvalue weighted by atomic mass is 9.75. The summed E-state index contributed by atoms with van der Waals surface area (Å²) in [5.74, 6) is 1.15. The fraction of sp³-hybridized carbons (Fsp3) is 0.462. The first-order valence-electron chi connectivity index (χ1n) is 6.19. The van der Waals surface area contributed by atoms with Crippen molar-refractivity contribution in [2.24, 2.45) is 5.73 Å². The van der Waals surface area contributed by atoms with Gasteiger partial charge in [-0.15, -0.1) is 0 Å². The predicted octanol–water partition coefficient (Wildman–Crippen LogP) is 1.86. The van der Waals surface area contributed by atoms with Crippen LogP contribution in [0.5, 0.6) is 0 Å². The Balaban J connectivity index is 1.81. The third-order valence-electron chi connectivity index (χ3n) is 3.47. The third-order valence-corrected chi connectivity index (χ3v) is 3.47. The lowest BCUT2D eigenvalue weighted by Crippen LogP contribution is -2.48. The number of nitrogens with two attached hydrogens (primary N) is 1. The molecule has 0 bridgehead atoms. The zero-order chi connectivity index (χ0) is 12.6. The highest BCUT2D eigenvalue weighted by molar-refractivity contribution is 5.48. The lowest BCUT2D eigenvalue weighted by molar-refractivity contribution is 0.222. The first-order chi connectivity index (χ1) is 8.65. The van der Waals surface area contributed by atoms with Crippen molar-refractivity contribution in [3.05, 3.63) is 29.8 Å². The van der Waals surface area contributed by atoms with Gasteiger partial charge in [0.05, 0.1) is 0 Å². The Labute approximate surface area is 105 Å². The molecule has 0 aromatic carbocycles. The van der Waals surface area contributed by atoms with Crippen LogP contribution < -0.4 is 5.73 Å². The normalized spacial score (nSPS) is 17.4. The van der Waals surface area contributed by atoms with E-state index in [4.69, 9.17) is 10.3 Å². The highest BCUT2D eigenvalue weighted by Crippen LogP contribution is 2.32. The minimum Gasteiger partial charge on any atom is -0.339 e. The van der Waals surface area contributed by atoms with E-state index in [0.29, 0.717) is 18.1 Å². The Bertz CT molecular complexity index is 560. The van der Waals surface area contributed by atoms with Crippen molar-refractivity contribution >= 4 is 0 Å². The molecule has 1 fully saturated rings. The molecule has 0 aliphatic heterocycles. The van der Waals surface area contributed by atoms with E-state index >= 15 is 0 Å². The molecule has 0 spiro atoms. The first kappa shape index (κ1) is 11.3. The smallest absolute Gasteiger partial charge is 0.228 e. The second-order valence-electron chi connectivity index (χ2n) is 5.12. The Morgan fingerprint density at radius 1 is 1.44 bits per heavy atom. The van der Waals surface area contributed by atoms with Gasteiger partial charge in [-0.05, 0) is 43.9 Å². The molecule has 2 aromatic rings. The van der Waals surface area contributed by atoms with E-state index in [1.807, 2.05) is 19.1 Å². The van der Waals surface area contributed by atoms with E-state index < -0.39 is 0 Å². The van der Waals surface area contributed by atoms with E-state index in [1.54, 1.807) is 6.20 Å². The van der Waals surface area contributed by atoms with Crippen LogP contribution in [0.1, 0.15) is 30.7 Å². The summed E-state index contributed by atoms with van der Waals surface area (Å²) in [4.78, 5) is 8.61. The third kappa shape index (κ3) is 2.13. The highest BCUT2D eigenvalue weighted by atomic mass is 16.5. The molecular weight excluding hydrogens is 228 g/mol. The predicted molar refractivity (Wildman–Crippen MR) is 66.7 cm³/mol. The van der Waals surface area contributed by atoms with Gasteiger partial charge in [-0.3, -0.25) is 4.98 Å². The molecular formula is C13H16N4O. The topological polar surface area (TPSA) is 77.8 Å². The van der Waals surface area contributed by atoms with E-state index in [2.05, 4.69) is 15.1 Å². The number of pyridine rings is 1. The van der Waals surface area contributed by atoms with Crippen molar-refractivity contribution in [3.8, 4) is 11.5 Å². The number of hydrogen-bond acceptors (Lipinski definition) is 5. The summed E-state index contributed by atoms with van der Waals surface area (Å²) < 4.78 is 5.25. The van der Waals surface area contributed by atoms with Crippen molar-refractivity contribution < 1.29 is 4.52 Å². The van der Waals surface area contributed by atoms with Gasteiger partial charge >= 0.3 is 0 Å². The van der Waals surface area contributed by atoms with E-state index in [1.165, 1.54) is 6.42 Å². The SMILES string of the molecule is Cc1ccnc(-c2noc(CC3(N)CCC3)n2)c1. The number of aryl methyl sites for hydroxylation is 1. The van der Waals surface area contributed by atoms with Crippen molar-refractivity contribution in [1.29, 1.82) is 0 Å². The summed E-state index contributed by atoms with van der Waals surface area (Å²) in [5.41, 5.74) is 7.89. The van der Waals surface area contributed by atoms with Crippen LogP contribution in [0.15, 0.2) is 22.9 Å². The fourth-order valence-corrected chi connectivity index (χ4v) is 2.20. The maximum absolute atomic E-state index is 6.16. The van der Waals surface area contributed by atoms with Crippen molar-refractivity contribution in [2.75, 3.05) is 0 Å². The Kier molecular flexibility index (Phi) is 2.63. The van der Waals surface area contributed by atoms with Crippen LogP contribution in [0.25, 0.3) is 11.5 Å². The van der Waals surface area contributed by atoms with Gasteiger partial charge < -0.3 is 10.3 Å². The molecule has 1 aliphatic carbocycles. The minimum absolute atomic E-state index is 0.135. The zero-order valence-corrected chi connectivity index (χ0v) is 10.4. The Morgan fingerprint density at radius 3 is 2.94 bits per heavy atom. The summed E-state index contributed by atoms with van der Waals surface area (Å²) >= 11 is 0. The molecule has 5 nitrogen and oxygen atoms in total. The molecule has 1 aliphatic rings. The molecule has 2 N–H and O–H groups in total. The Hall–Kier alpha value is -1.75. The quantitative estimate of drug-likeness (QED) is 0.891. The van der Waals surface area contributed by atoms with Crippen LogP contribution in [0.3, 0.4) is 0 Å². The van der Waals surface area contributed by atoms with E-state index in [9.17, 15) is 0 Å². The molecule has 94 valence electrons. The molecule has 18 heavy (non-hydrogen) atoms. The lowest BCUT2D eigenvalue weighted by Gasteiger charge is -2.36. The highest BCUT2D eigenvalue weighted by Gasteiger charge is 2.34. The summed E-state index contributed by atoms with van der Waals surface area (Å²) in [5, 5.41) is 3.97. The number of aromatic nitrogens is 3. The molecule has 0 unspecified atom stereocenters. The van der Waals surface area contributed by atoms with Gasteiger partial charge in [0.15, 0.2) is 0 Å². The second-order valence-corrected chi connectivity index (χ2v) is 5.12. The van der Waals surface area contributed by atoms with E-state index in [-0.39, 0.29) is 5.54 Å². The minimum atomic E-state index is -0.135. The van der Waals surface area contributed by atoms with Gasteiger partial charge in [-0.1, -0.05) is 5.16 Å². The second kappa shape index (κ2) is 4.17. The maximum atomic E-state index is 6.16. The van der Waals surface area contributed by atoms with Gasteiger partial charge in [-0.2, -0.15) is 4.98 Å². The molecule has 2 aromatic heterocycles. The first-order valence-corrected chi connectivity index (χ1v) is 6.19. The molecule has 0 amide bonds. The van der Waals surface area contributed by atoms with Crippen LogP contribution in [0.2, 0.25) is 0 Å². The average molecular weight is 244 g/mol.